The number of fused-ring (bicyclic) bond motifs is 1. The van der Waals surface area contributed by atoms with Crippen LogP contribution in [0.4, 0.5) is 0 Å². The Morgan fingerprint density at radius 1 is 1.14 bits per heavy atom. The second-order valence-electron chi connectivity index (χ2n) is 6.37. The van der Waals surface area contributed by atoms with Crippen molar-refractivity contribution < 1.29 is 23.2 Å². The molecule has 4 heterocycles. The van der Waals surface area contributed by atoms with Gasteiger partial charge in [0.15, 0.2) is 11.5 Å². The second-order valence-corrected chi connectivity index (χ2v) is 6.37. The maximum absolute atomic E-state index is 12.3. The topological polar surface area (TPSA) is 105 Å². The van der Waals surface area contributed by atoms with E-state index in [0.29, 0.717) is 41.2 Å². The average molecular weight is 392 g/mol. The molecule has 0 unspecified atom stereocenters. The maximum Gasteiger partial charge on any atom is 0.274 e. The molecule has 1 amide bonds. The summed E-state index contributed by atoms with van der Waals surface area (Å²) < 4.78 is 23.1. The molecule has 4 aromatic rings. The first-order chi connectivity index (χ1) is 14.3. The highest BCUT2D eigenvalue weighted by atomic mass is 16.7. The number of ether oxygens (including phenoxy) is 2. The molecule has 1 aromatic carbocycles. The summed E-state index contributed by atoms with van der Waals surface area (Å²) in [7, 11) is 0. The van der Waals surface area contributed by atoms with Crippen LogP contribution in [-0.4, -0.2) is 27.4 Å². The molecule has 146 valence electrons. The van der Waals surface area contributed by atoms with Gasteiger partial charge in [-0.3, -0.25) is 4.79 Å². The number of nitrogens with zero attached hydrogens (tertiary/aromatic N) is 3. The first-order valence-corrected chi connectivity index (χ1v) is 8.94. The van der Waals surface area contributed by atoms with Crippen LogP contribution in [0.15, 0.2) is 63.9 Å². The van der Waals surface area contributed by atoms with Gasteiger partial charge in [-0.15, -0.1) is 0 Å². The number of benzene rings is 1. The molecular formula is C20H16N4O5. The summed E-state index contributed by atoms with van der Waals surface area (Å²) in [6, 6.07) is 12.7. The molecule has 0 fully saturated rings. The average Bonchev–Trinajstić information content (AvgIpc) is 3.53. The minimum Gasteiger partial charge on any atom is -0.467 e. The highest BCUT2D eigenvalue weighted by Gasteiger charge is 2.18. The van der Waals surface area contributed by atoms with Crippen molar-refractivity contribution in [2.45, 2.75) is 13.1 Å². The van der Waals surface area contributed by atoms with Crippen LogP contribution in [0.1, 0.15) is 5.76 Å². The number of rotatable bonds is 6. The number of hydrogen-bond donors (Lipinski definition) is 1. The number of furan rings is 1. The molecule has 0 aliphatic carbocycles. The summed E-state index contributed by atoms with van der Waals surface area (Å²) >= 11 is 0. The van der Waals surface area contributed by atoms with Crippen molar-refractivity contribution in [3.63, 3.8) is 0 Å². The molecule has 0 radical (unpaired) electrons. The van der Waals surface area contributed by atoms with Crippen LogP contribution >= 0.6 is 0 Å². The van der Waals surface area contributed by atoms with E-state index in [0.717, 1.165) is 5.56 Å². The lowest BCUT2D eigenvalue weighted by Gasteiger charge is -2.07. The van der Waals surface area contributed by atoms with Gasteiger partial charge in [-0.25, -0.2) is 0 Å². The highest BCUT2D eigenvalue weighted by Crippen LogP contribution is 2.35. The SMILES string of the molecule is O=C(Cn1cccc1-c1nc(-c2ccc3c(c2)OCO3)no1)NCc1ccco1. The van der Waals surface area contributed by atoms with Gasteiger partial charge in [0.05, 0.1) is 12.8 Å². The van der Waals surface area contributed by atoms with E-state index in [-0.39, 0.29) is 19.2 Å². The zero-order valence-corrected chi connectivity index (χ0v) is 15.2. The van der Waals surface area contributed by atoms with Gasteiger partial charge in [0.25, 0.3) is 5.89 Å². The van der Waals surface area contributed by atoms with Crippen molar-refractivity contribution in [1.29, 1.82) is 0 Å². The summed E-state index contributed by atoms with van der Waals surface area (Å²) in [6.45, 7) is 0.647. The fourth-order valence-electron chi connectivity index (χ4n) is 3.04. The molecule has 5 rings (SSSR count). The highest BCUT2D eigenvalue weighted by molar-refractivity contribution is 5.76. The molecule has 0 spiro atoms. The van der Waals surface area contributed by atoms with Crippen molar-refractivity contribution in [2.24, 2.45) is 0 Å². The van der Waals surface area contributed by atoms with Gasteiger partial charge in [0, 0.05) is 11.8 Å². The molecule has 9 heteroatoms. The maximum atomic E-state index is 12.3. The fraction of sp³-hybridized carbons (Fsp3) is 0.150. The van der Waals surface area contributed by atoms with E-state index >= 15 is 0 Å². The standard InChI is InChI=1S/C20H16N4O5/c25-18(21-10-14-3-2-8-26-14)11-24-7-1-4-15(24)20-22-19(23-29-20)13-5-6-16-17(9-13)28-12-27-16/h1-9H,10-12H2,(H,21,25). The first kappa shape index (κ1) is 17.1. The van der Waals surface area contributed by atoms with Crippen molar-refractivity contribution in [3.8, 4) is 34.5 Å². The fourth-order valence-corrected chi connectivity index (χ4v) is 3.04. The normalized spacial score (nSPS) is 12.3. The molecule has 1 aliphatic heterocycles. The molecule has 1 N–H and O–H groups in total. The predicted octanol–water partition coefficient (Wildman–Crippen LogP) is 2.84. The third-order valence-corrected chi connectivity index (χ3v) is 4.46. The van der Waals surface area contributed by atoms with Crippen molar-refractivity contribution in [2.75, 3.05) is 6.79 Å². The summed E-state index contributed by atoms with van der Waals surface area (Å²) in [5, 5.41) is 6.86. The molecule has 0 atom stereocenters. The molecule has 9 nitrogen and oxygen atoms in total. The van der Waals surface area contributed by atoms with Crippen LogP contribution in [0.3, 0.4) is 0 Å². The Labute approximate surface area is 164 Å². The third-order valence-electron chi connectivity index (χ3n) is 4.46. The van der Waals surface area contributed by atoms with Gasteiger partial charge in [0.2, 0.25) is 18.5 Å². The molecule has 0 bridgehead atoms. The zero-order valence-electron chi connectivity index (χ0n) is 15.2. The molecule has 0 saturated heterocycles. The molecular weight excluding hydrogens is 376 g/mol. The third kappa shape index (κ3) is 3.45. The number of aromatic nitrogens is 3. The van der Waals surface area contributed by atoms with Crippen LogP contribution in [0.5, 0.6) is 11.5 Å². The smallest absolute Gasteiger partial charge is 0.274 e. The zero-order chi connectivity index (χ0) is 19.6. The summed E-state index contributed by atoms with van der Waals surface area (Å²) in [5.41, 5.74) is 1.40. The Morgan fingerprint density at radius 2 is 2.07 bits per heavy atom. The van der Waals surface area contributed by atoms with E-state index in [9.17, 15) is 4.79 Å². The minimum atomic E-state index is -0.158. The van der Waals surface area contributed by atoms with E-state index in [4.69, 9.17) is 18.4 Å². The van der Waals surface area contributed by atoms with Crippen molar-refractivity contribution in [3.05, 3.63) is 60.7 Å². The predicted molar refractivity (Wildman–Crippen MR) is 99.8 cm³/mol. The number of amides is 1. The van der Waals surface area contributed by atoms with E-state index < -0.39 is 0 Å². The van der Waals surface area contributed by atoms with Crippen LogP contribution in [0.2, 0.25) is 0 Å². The number of carbonyl (C=O) groups excluding carboxylic acids is 1. The monoisotopic (exact) mass is 392 g/mol. The van der Waals surface area contributed by atoms with Gasteiger partial charge in [-0.1, -0.05) is 5.16 Å². The molecule has 29 heavy (non-hydrogen) atoms. The van der Waals surface area contributed by atoms with Gasteiger partial charge in [-0.2, -0.15) is 4.98 Å². The van der Waals surface area contributed by atoms with E-state index in [1.54, 1.807) is 41.3 Å². The Balaban J connectivity index is 1.31. The number of carbonyl (C=O) groups is 1. The number of nitrogens with one attached hydrogen (secondary N) is 1. The van der Waals surface area contributed by atoms with Gasteiger partial charge in [-0.05, 0) is 42.5 Å². The Morgan fingerprint density at radius 3 is 2.97 bits per heavy atom. The van der Waals surface area contributed by atoms with Gasteiger partial charge >= 0.3 is 0 Å². The van der Waals surface area contributed by atoms with Crippen LogP contribution in [-0.2, 0) is 17.9 Å². The molecule has 3 aromatic heterocycles. The lowest BCUT2D eigenvalue weighted by atomic mass is 10.2. The Hall–Kier alpha value is -4.01. The van der Waals surface area contributed by atoms with Crippen molar-refractivity contribution in [1.82, 2.24) is 20.0 Å². The quantitative estimate of drug-likeness (QED) is 0.538. The summed E-state index contributed by atoms with van der Waals surface area (Å²) in [6.07, 6.45) is 3.35. The largest absolute Gasteiger partial charge is 0.467 e. The summed E-state index contributed by atoms with van der Waals surface area (Å²) in [5.74, 6) is 2.61. The van der Waals surface area contributed by atoms with E-state index in [2.05, 4.69) is 15.5 Å². The van der Waals surface area contributed by atoms with Crippen LogP contribution in [0.25, 0.3) is 23.0 Å². The van der Waals surface area contributed by atoms with Crippen LogP contribution in [0, 0.1) is 0 Å². The Kier molecular flexibility index (Phi) is 4.24. The number of hydrogen-bond acceptors (Lipinski definition) is 7. The van der Waals surface area contributed by atoms with Gasteiger partial charge < -0.3 is 28.3 Å². The molecule has 1 aliphatic rings. The minimum absolute atomic E-state index is 0.116. The van der Waals surface area contributed by atoms with Crippen LogP contribution < -0.4 is 14.8 Å². The molecule has 0 saturated carbocycles. The summed E-state index contributed by atoms with van der Waals surface area (Å²) in [4.78, 5) is 16.7. The van der Waals surface area contributed by atoms with E-state index in [1.807, 2.05) is 18.2 Å². The lowest BCUT2D eigenvalue weighted by molar-refractivity contribution is -0.121. The van der Waals surface area contributed by atoms with Gasteiger partial charge in [0.1, 0.15) is 18.0 Å². The second kappa shape index (κ2) is 7.19. The van der Waals surface area contributed by atoms with Crippen molar-refractivity contribution >= 4 is 5.91 Å². The Bertz CT molecular complexity index is 1150. The lowest BCUT2D eigenvalue weighted by Crippen LogP contribution is -2.26. The first-order valence-electron chi connectivity index (χ1n) is 8.94. The van der Waals surface area contributed by atoms with E-state index in [1.165, 1.54) is 0 Å².